The fraction of sp³-hybridized carbons (Fsp3) is 1.00. The maximum Gasteiger partial charge on any atom is 0.460 e. The van der Waals surface area contributed by atoms with E-state index < -0.39 is 45.7 Å². The molecule has 0 saturated heterocycles. The van der Waals surface area contributed by atoms with Crippen molar-refractivity contribution >= 4 is 10.1 Å². The van der Waals surface area contributed by atoms with Crippen LogP contribution in [0.15, 0.2) is 0 Å². The van der Waals surface area contributed by atoms with Crippen molar-refractivity contribution in [1.82, 2.24) is 0 Å². The van der Waals surface area contributed by atoms with E-state index in [1.165, 1.54) is 0 Å². The first-order valence-electron chi connectivity index (χ1n) is 4.82. The van der Waals surface area contributed by atoms with Crippen molar-refractivity contribution in [3.05, 3.63) is 0 Å². The fourth-order valence-corrected chi connectivity index (χ4v) is 1.87. The normalized spacial score (nSPS) is 17.3. The molecule has 0 bridgehead atoms. The summed E-state index contributed by atoms with van der Waals surface area (Å²) in [5.41, 5.74) is 0. The number of alkyl halides is 12. The lowest BCUT2D eigenvalue weighted by molar-refractivity contribution is -0.383. The number of halogens is 12. The molecule has 0 N–H and O–H groups in total. The molecule has 0 radical (unpaired) electrons. The molecule has 16 heteroatoms. The average molecular weight is 396 g/mol. The van der Waals surface area contributed by atoms with Crippen molar-refractivity contribution in [3.8, 4) is 0 Å². The second kappa shape index (κ2) is 5.56. The Balaban J connectivity index is 5.97. The highest BCUT2D eigenvalue weighted by Crippen LogP contribution is 2.55. The Morgan fingerprint density at radius 1 is 0.739 bits per heavy atom. The molecule has 23 heavy (non-hydrogen) atoms. The second-order valence-corrected chi connectivity index (χ2v) is 5.51. The molecule has 3 nitrogen and oxygen atoms in total. The van der Waals surface area contributed by atoms with Gasteiger partial charge in [0.2, 0.25) is 0 Å². The lowest BCUT2D eigenvalue weighted by Crippen LogP contribution is -2.63. The third kappa shape index (κ3) is 3.61. The summed E-state index contributed by atoms with van der Waals surface area (Å²) in [4.78, 5) is 0. The van der Waals surface area contributed by atoms with E-state index in [0.717, 1.165) is 0 Å². The Bertz CT molecular complexity index is 530. The molecular formula is C7H4F12O3S. The van der Waals surface area contributed by atoms with Gasteiger partial charge in [-0.3, -0.25) is 4.18 Å². The van der Waals surface area contributed by atoms with E-state index in [2.05, 4.69) is 4.18 Å². The molecular weight excluding hydrogens is 392 g/mol. The van der Waals surface area contributed by atoms with Crippen molar-refractivity contribution < 1.29 is 65.3 Å². The van der Waals surface area contributed by atoms with E-state index >= 15 is 0 Å². The quantitative estimate of drug-likeness (QED) is 0.526. The predicted molar refractivity (Wildman–Crippen MR) is 46.4 cm³/mol. The van der Waals surface area contributed by atoms with Crippen LogP contribution in [0.3, 0.4) is 0 Å². The molecule has 0 aromatic rings. The SMILES string of the molecule is C[C@H](OS(=O)(=O)C(F)(F)C(F)(F)C(F)(F)C(F)(F)F)C(F)(F)F. The van der Waals surface area contributed by atoms with Crippen LogP contribution in [0.2, 0.25) is 0 Å². The number of hydrogen-bond donors (Lipinski definition) is 0. The zero-order valence-electron chi connectivity index (χ0n) is 10.2. The summed E-state index contributed by atoms with van der Waals surface area (Å²) in [7, 11) is -7.53. The molecule has 140 valence electrons. The zero-order valence-corrected chi connectivity index (χ0v) is 11.1. The van der Waals surface area contributed by atoms with Crippen LogP contribution in [0, 0.1) is 0 Å². The van der Waals surface area contributed by atoms with Gasteiger partial charge in [0, 0.05) is 0 Å². The van der Waals surface area contributed by atoms with E-state index in [9.17, 15) is 61.1 Å². The van der Waals surface area contributed by atoms with Crippen molar-refractivity contribution in [1.29, 1.82) is 0 Å². The highest BCUT2D eigenvalue weighted by molar-refractivity contribution is 7.87. The van der Waals surface area contributed by atoms with Gasteiger partial charge in [0.05, 0.1) is 0 Å². The summed E-state index contributed by atoms with van der Waals surface area (Å²) >= 11 is 0. The summed E-state index contributed by atoms with van der Waals surface area (Å²) in [6, 6.07) is 0. The van der Waals surface area contributed by atoms with Gasteiger partial charge in [0.1, 0.15) is 0 Å². The Morgan fingerprint density at radius 3 is 1.35 bits per heavy atom. The van der Waals surface area contributed by atoms with E-state index in [-0.39, 0.29) is 6.92 Å². The highest BCUT2D eigenvalue weighted by atomic mass is 32.2. The second-order valence-electron chi connectivity index (χ2n) is 3.90. The Labute approximate surface area is 119 Å². The van der Waals surface area contributed by atoms with Crippen molar-refractivity contribution in [2.24, 2.45) is 0 Å². The van der Waals surface area contributed by atoms with Gasteiger partial charge in [0.25, 0.3) is 0 Å². The van der Waals surface area contributed by atoms with E-state index in [1.54, 1.807) is 0 Å². The lowest BCUT2D eigenvalue weighted by Gasteiger charge is -2.33. The first-order valence-corrected chi connectivity index (χ1v) is 6.23. The maximum absolute atomic E-state index is 12.9. The fourth-order valence-electron chi connectivity index (χ4n) is 0.823. The van der Waals surface area contributed by atoms with Gasteiger partial charge >= 0.3 is 39.6 Å². The Hall–Kier alpha value is -0.930. The van der Waals surface area contributed by atoms with Gasteiger partial charge < -0.3 is 0 Å². The van der Waals surface area contributed by atoms with E-state index in [1.807, 2.05) is 0 Å². The summed E-state index contributed by atoms with van der Waals surface area (Å²) < 4.78 is 171. The molecule has 0 aliphatic heterocycles. The summed E-state index contributed by atoms with van der Waals surface area (Å²) in [5.74, 6) is -15.2. The predicted octanol–water partition coefficient (Wildman–Crippen LogP) is 3.71. The van der Waals surface area contributed by atoms with Crippen molar-refractivity contribution in [2.75, 3.05) is 0 Å². The van der Waals surface area contributed by atoms with Gasteiger partial charge in [-0.25, -0.2) is 0 Å². The third-order valence-corrected chi connectivity index (χ3v) is 3.59. The van der Waals surface area contributed by atoms with E-state index in [4.69, 9.17) is 0 Å². The van der Waals surface area contributed by atoms with Crippen LogP contribution in [-0.4, -0.2) is 44.0 Å². The topological polar surface area (TPSA) is 43.4 Å². The van der Waals surface area contributed by atoms with Crippen molar-refractivity contribution in [3.63, 3.8) is 0 Å². The minimum atomic E-state index is -7.65. The van der Waals surface area contributed by atoms with Crippen molar-refractivity contribution in [2.45, 2.75) is 42.5 Å². The van der Waals surface area contributed by atoms with Crippen LogP contribution in [0.1, 0.15) is 6.92 Å². The summed E-state index contributed by atoms with van der Waals surface area (Å²) in [6.45, 7) is -0.284. The molecule has 0 aliphatic carbocycles. The first-order chi connectivity index (χ1) is 9.63. The standard InChI is InChI=1S/C7H4F12O3S/c1-2(3(8,9)10)22-23(20,21)7(18,19)5(13,14)4(11,12)6(15,16)17/h2H,1H3/t2-/m0/s1. The minimum absolute atomic E-state index is 0.284. The number of rotatable bonds is 5. The van der Waals surface area contributed by atoms with E-state index in [0.29, 0.717) is 0 Å². The molecule has 0 rings (SSSR count). The molecule has 1 atom stereocenters. The monoisotopic (exact) mass is 396 g/mol. The molecule has 0 aromatic carbocycles. The molecule has 0 unspecified atom stereocenters. The zero-order chi connectivity index (χ0) is 19.3. The highest BCUT2D eigenvalue weighted by Gasteiger charge is 2.86. The lowest BCUT2D eigenvalue weighted by atomic mass is 10.1. The van der Waals surface area contributed by atoms with Gasteiger partial charge in [0.15, 0.2) is 6.10 Å². The molecule has 0 spiro atoms. The van der Waals surface area contributed by atoms with Gasteiger partial charge in [-0.1, -0.05) is 0 Å². The molecule has 0 saturated carbocycles. The van der Waals surface area contributed by atoms with Crippen LogP contribution in [0.5, 0.6) is 0 Å². The van der Waals surface area contributed by atoms with Gasteiger partial charge in [-0.15, -0.1) is 0 Å². The first kappa shape index (κ1) is 22.1. The minimum Gasteiger partial charge on any atom is -0.253 e. The van der Waals surface area contributed by atoms with Gasteiger partial charge in [-0.05, 0) is 6.92 Å². The molecule has 0 heterocycles. The largest absolute Gasteiger partial charge is 0.460 e. The van der Waals surface area contributed by atoms with Crippen LogP contribution in [0.25, 0.3) is 0 Å². The smallest absolute Gasteiger partial charge is 0.253 e. The summed E-state index contributed by atoms with van der Waals surface area (Å²) in [5, 5.41) is -7.32. The molecule has 0 aliphatic rings. The average Bonchev–Trinajstić information content (AvgIpc) is 2.24. The van der Waals surface area contributed by atoms with Gasteiger partial charge in [-0.2, -0.15) is 61.1 Å². The molecule has 0 amide bonds. The Morgan fingerprint density at radius 2 is 1.09 bits per heavy atom. The van der Waals surface area contributed by atoms with Crippen LogP contribution in [0.4, 0.5) is 52.7 Å². The maximum atomic E-state index is 12.9. The number of hydrogen-bond acceptors (Lipinski definition) is 3. The Kier molecular flexibility index (Phi) is 5.34. The molecule has 0 fully saturated rings. The summed E-state index contributed by atoms with van der Waals surface area (Å²) in [6.07, 6.45) is -16.8. The van der Waals surface area contributed by atoms with Crippen LogP contribution < -0.4 is 0 Å². The molecule has 0 aromatic heterocycles. The van der Waals surface area contributed by atoms with Crippen LogP contribution in [-0.2, 0) is 14.3 Å². The van der Waals surface area contributed by atoms with Crippen LogP contribution >= 0.6 is 0 Å². The third-order valence-electron chi connectivity index (χ3n) is 2.16.